The highest BCUT2D eigenvalue weighted by atomic mass is 35.5. The van der Waals surface area contributed by atoms with Crippen molar-refractivity contribution in [3.63, 3.8) is 0 Å². The van der Waals surface area contributed by atoms with Crippen LogP contribution in [0.1, 0.15) is 30.8 Å². The molecule has 1 aromatic carbocycles. The molecule has 0 bridgehead atoms. The van der Waals surface area contributed by atoms with Gasteiger partial charge in [-0.25, -0.2) is 0 Å². The average Bonchev–Trinajstić information content (AvgIpc) is 3.16. The number of anilines is 1. The zero-order chi connectivity index (χ0) is 19.8. The van der Waals surface area contributed by atoms with Gasteiger partial charge in [-0.2, -0.15) is 10.2 Å². The molecule has 6 nitrogen and oxygen atoms in total. The smallest absolute Gasteiger partial charge is 0.251 e. The summed E-state index contributed by atoms with van der Waals surface area (Å²) >= 11 is 12.2. The van der Waals surface area contributed by atoms with Gasteiger partial charge in [0.2, 0.25) is 0 Å². The number of amides is 1. The Hall–Kier alpha value is -2.31. The van der Waals surface area contributed by atoms with Crippen molar-refractivity contribution >= 4 is 34.8 Å². The first-order valence-electron chi connectivity index (χ1n) is 8.49. The van der Waals surface area contributed by atoms with Gasteiger partial charge in [0.15, 0.2) is 0 Å². The van der Waals surface area contributed by atoms with Gasteiger partial charge in [0.05, 0.1) is 34.8 Å². The highest BCUT2D eigenvalue weighted by Gasteiger charge is 2.32. The van der Waals surface area contributed by atoms with E-state index in [9.17, 15) is 4.79 Å². The number of aryl methyl sites for hydroxylation is 1. The van der Waals surface area contributed by atoms with Crippen LogP contribution in [0.15, 0.2) is 36.7 Å². The number of nitrogens with zero attached hydrogens (tertiary/aromatic N) is 4. The summed E-state index contributed by atoms with van der Waals surface area (Å²) in [4.78, 5) is 12.9. The van der Waals surface area contributed by atoms with Gasteiger partial charge in [-0.05, 0) is 39.3 Å². The van der Waals surface area contributed by atoms with Gasteiger partial charge in [0, 0.05) is 11.2 Å². The third-order valence-electron chi connectivity index (χ3n) is 4.58. The second-order valence-corrected chi connectivity index (χ2v) is 7.75. The average molecular weight is 406 g/mol. The summed E-state index contributed by atoms with van der Waals surface area (Å²) < 4.78 is 3.38. The summed E-state index contributed by atoms with van der Waals surface area (Å²) in [5, 5.41) is 12.9. The SMILES string of the molecule is Cc1nn(Cc2ccccc2Cl)c(C)c1NC(=O)C(C)(C)n1cc(Cl)cn1. The largest absolute Gasteiger partial charge is 0.321 e. The molecule has 0 fully saturated rings. The zero-order valence-electron chi connectivity index (χ0n) is 15.6. The molecule has 0 aliphatic heterocycles. The van der Waals surface area contributed by atoms with E-state index in [2.05, 4.69) is 15.5 Å². The van der Waals surface area contributed by atoms with Gasteiger partial charge >= 0.3 is 0 Å². The van der Waals surface area contributed by atoms with Gasteiger partial charge < -0.3 is 5.32 Å². The van der Waals surface area contributed by atoms with Gasteiger partial charge in [-0.3, -0.25) is 14.2 Å². The Morgan fingerprint density at radius 1 is 1.22 bits per heavy atom. The molecule has 1 N–H and O–H groups in total. The Bertz CT molecular complexity index is 990. The Kier molecular flexibility index (Phi) is 5.31. The normalized spacial score (nSPS) is 11.6. The number of hydrogen-bond donors (Lipinski definition) is 1. The number of aromatic nitrogens is 4. The fourth-order valence-electron chi connectivity index (χ4n) is 2.80. The van der Waals surface area contributed by atoms with Crippen molar-refractivity contribution in [3.05, 3.63) is 63.7 Å². The first-order chi connectivity index (χ1) is 12.7. The molecular formula is C19H21Cl2N5O. The van der Waals surface area contributed by atoms with Crippen LogP contribution in [-0.4, -0.2) is 25.5 Å². The molecule has 3 aromatic rings. The zero-order valence-corrected chi connectivity index (χ0v) is 17.1. The molecule has 0 radical (unpaired) electrons. The molecule has 3 rings (SSSR count). The molecule has 2 heterocycles. The minimum absolute atomic E-state index is 0.203. The van der Waals surface area contributed by atoms with Crippen molar-refractivity contribution in [1.29, 1.82) is 0 Å². The van der Waals surface area contributed by atoms with Crippen LogP contribution in [0.2, 0.25) is 10.0 Å². The summed E-state index contributed by atoms with van der Waals surface area (Å²) in [5.74, 6) is -0.203. The fourth-order valence-corrected chi connectivity index (χ4v) is 3.13. The predicted octanol–water partition coefficient (Wildman–Crippen LogP) is 4.43. The van der Waals surface area contributed by atoms with E-state index < -0.39 is 5.54 Å². The van der Waals surface area contributed by atoms with E-state index in [1.165, 1.54) is 6.20 Å². The minimum Gasteiger partial charge on any atom is -0.321 e. The molecule has 0 atom stereocenters. The lowest BCUT2D eigenvalue weighted by Gasteiger charge is -2.24. The van der Waals surface area contributed by atoms with E-state index in [0.29, 0.717) is 22.3 Å². The quantitative estimate of drug-likeness (QED) is 0.682. The van der Waals surface area contributed by atoms with E-state index >= 15 is 0 Å². The van der Waals surface area contributed by atoms with Crippen molar-refractivity contribution < 1.29 is 4.79 Å². The van der Waals surface area contributed by atoms with Crippen LogP contribution in [0, 0.1) is 13.8 Å². The molecule has 27 heavy (non-hydrogen) atoms. The molecule has 0 spiro atoms. The predicted molar refractivity (Wildman–Crippen MR) is 107 cm³/mol. The molecule has 1 amide bonds. The molecular weight excluding hydrogens is 385 g/mol. The van der Waals surface area contributed by atoms with Crippen molar-refractivity contribution in [1.82, 2.24) is 19.6 Å². The number of halogens is 2. The van der Waals surface area contributed by atoms with E-state index in [4.69, 9.17) is 23.2 Å². The third-order valence-corrected chi connectivity index (χ3v) is 5.14. The van der Waals surface area contributed by atoms with Crippen LogP contribution >= 0.6 is 23.2 Å². The van der Waals surface area contributed by atoms with Crippen molar-refractivity contribution in [2.24, 2.45) is 0 Å². The van der Waals surface area contributed by atoms with Gasteiger partial charge in [0.1, 0.15) is 5.54 Å². The maximum atomic E-state index is 12.9. The van der Waals surface area contributed by atoms with Gasteiger partial charge in [-0.1, -0.05) is 41.4 Å². The number of rotatable bonds is 5. The number of benzene rings is 1. The molecule has 0 saturated carbocycles. The first kappa shape index (κ1) is 19.5. The Labute approximate surface area is 168 Å². The maximum absolute atomic E-state index is 12.9. The van der Waals surface area contributed by atoms with E-state index in [1.807, 2.05) is 42.8 Å². The number of carbonyl (C=O) groups is 1. The van der Waals surface area contributed by atoms with Crippen LogP contribution < -0.4 is 5.32 Å². The van der Waals surface area contributed by atoms with Crippen molar-refractivity contribution in [3.8, 4) is 0 Å². The lowest BCUT2D eigenvalue weighted by atomic mass is 10.0. The second kappa shape index (κ2) is 7.37. The molecule has 8 heteroatoms. The molecule has 0 unspecified atom stereocenters. The number of carbonyl (C=O) groups excluding carboxylic acids is 1. The van der Waals surface area contributed by atoms with Crippen molar-refractivity contribution in [2.75, 3.05) is 5.32 Å². The number of nitrogens with one attached hydrogen (secondary N) is 1. The van der Waals surface area contributed by atoms with E-state index in [0.717, 1.165) is 17.0 Å². The Balaban J connectivity index is 1.84. The topological polar surface area (TPSA) is 64.7 Å². The van der Waals surface area contributed by atoms with E-state index in [-0.39, 0.29) is 5.91 Å². The van der Waals surface area contributed by atoms with E-state index in [1.54, 1.807) is 24.7 Å². The lowest BCUT2D eigenvalue weighted by molar-refractivity contribution is -0.123. The Morgan fingerprint density at radius 2 is 1.93 bits per heavy atom. The summed E-state index contributed by atoms with van der Waals surface area (Å²) in [6.07, 6.45) is 3.14. The van der Waals surface area contributed by atoms with Crippen LogP contribution in [-0.2, 0) is 16.9 Å². The Morgan fingerprint density at radius 3 is 2.56 bits per heavy atom. The first-order valence-corrected chi connectivity index (χ1v) is 9.25. The van der Waals surface area contributed by atoms with Crippen LogP contribution in [0.5, 0.6) is 0 Å². The summed E-state index contributed by atoms with van der Waals surface area (Å²) in [7, 11) is 0. The highest BCUT2D eigenvalue weighted by molar-refractivity contribution is 6.31. The van der Waals surface area contributed by atoms with Crippen LogP contribution in [0.3, 0.4) is 0 Å². The van der Waals surface area contributed by atoms with Crippen LogP contribution in [0.25, 0.3) is 0 Å². The minimum atomic E-state index is -0.906. The van der Waals surface area contributed by atoms with Crippen LogP contribution in [0.4, 0.5) is 5.69 Å². The highest BCUT2D eigenvalue weighted by Crippen LogP contribution is 2.25. The molecule has 0 saturated heterocycles. The molecule has 2 aromatic heterocycles. The maximum Gasteiger partial charge on any atom is 0.251 e. The fraction of sp³-hybridized carbons (Fsp3) is 0.316. The third kappa shape index (κ3) is 3.87. The molecule has 0 aliphatic rings. The van der Waals surface area contributed by atoms with Gasteiger partial charge in [0.25, 0.3) is 5.91 Å². The lowest BCUT2D eigenvalue weighted by Crippen LogP contribution is -2.40. The second-order valence-electron chi connectivity index (χ2n) is 6.91. The summed E-state index contributed by atoms with van der Waals surface area (Å²) in [6.45, 7) is 7.88. The standard InChI is InChI=1S/C19H21Cl2N5O/c1-12-17(23-18(27)19(3,4)26-11-15(20)9-22-26)13(2)25(24-12)10-14-7-5-6-8-16(14)21/h5-9,11H,10H2,1-4H3,(H,23,27). The van der Waals surface area contributed by atoms with Gasteiger partial charge in [-0.15, -0.1) is 0 Å². The summed E-state index contributed by atoms with van der Waals surface area (Å²) in [6, 6.07) is 7.64. The molecule has 142 valence electrons. The van der Waals surface area contributed by atoms with Crippen molar-refractivity contribution in [2.45, 2.75) is 39.8 Å². The number of hydrogen-bond acceptors (Lipinski definition) is 3. The summed E-state index contributed by atoms with van der Waals surface area (Å²) in [5.41, 5.74) is 2.35. The monoisotopic (exact) mass is 405 g/mol. The molecule has 0 aliphatic carbocycles.